The van der Waals surface area contributed by atoms with Crippen LogP contribution in [0.3, 0.4) is 0 Å². The number of nitrogens with zero attached hydrogens (tertiary/aromatic N) is 1. The van der Waals surface area contributed by atoms with Crippen LogP contribution >= 0.6 is 0 Å². The van der Waals surface area contributed by atoms with Gasteiger partial charge in [0.05, 0.1) is 11.9 Å². The summed E-state index contributed by atoms with van der Waals surface area (Å²) in [6.07, 6.45) is 8.15. The molecule has 0 aliphatic heterocycles. The summed E-state index contributed by atoms with van der Waals surface area (Å²) in [5.41, 5.74) is 1.00. The minimum atomic E-state index is 0.234. The average molecular weight is 234 g/mol. The first-order valence-corrected chi connectivity index (χ1v) is 6.67. The van der Waals surface area contributed by atoms with E-state index in [2.05, 4.69) is 17.2 Å². The third kappa shape index (κ3) is 3.43. The Kier molecular flexibility index (Phi) is 4.37. The summed E-state index contributed by atoms with van der Waals surface area (Å²) in [4.78, 5) is 4.20. The zero-order valence-corrected chi connectivity index (χ0v) is 10.5. The molecule has 0 bridgehead atoms. The quantitative estimate of drug-likeness (QED) is 0.842. The molecule has 1 aromatic heterocycles. The minimum absolute atomic E-state index is 0.234. The van der Waals surface area contributed by atoms with Gasteiger partial charge in [0.25, 0.3) is 0 Å². The molecule has 17 heavy (non-hydrogen) atoms. The Morgan fingerprint density at radius 2 is 2.18 bits per heavy atom. The highest BCUT2D eigenvalue weighted by Crippen LogP contribution is 2.26. The molecule has 0 radical (unpaired) electrons. The lowest BCUT2D eigenvalue weighted by Crippen LogP contribution is -2.37. The summed E-state index contributed by atoms with van der Waals surface area (Å²) in [6.45, 7) is 3.09. The van der Waals surface area contributed by atoms with E-state index >= 15 is 0 Å². The molecule has 94 valence electrons. The van der Waals surface area contributed by atoms with Crippen molar-refractivity contribution in [1.82, 2.24) is 10.3 Å². The van der Waals surface area contributed by atoms with Gasteiger partial charge in [-0.3, -0.25) is 4.98 Å². The highest BCUT2D eigenvalue weighted by Gasteiger charge is 2.22. The SMILES string of the molecule is CCC1CCCCC1NCc1ccc(O)cn1. The topological polar surface area (TPSA) is 45.1 Å². The number of aromatic hydroxyl groups is 1. The molecular formula is C14H22N2O. The normalized spacial score (nSPS) is 24.8. The van der Waals surface area contributed by atoms with E-state index in [1.54, 1.807) is 6.07 Å². The van der Waals surface area contributed by atoms with E-state index in [0.717, 1.165) is 18.2 Å². The van der Waals surface area contributed by atoms with Crippen LogP contribution in [-0.4, -0.2) is 16.1 Å². The Balaban J connectivity index is 1.86. The third-order valence-corrected chi connectivity index (χ3v) is 3.79. The number of aromatic nitrogens is 1. The third-order valence-electron chi connectivity index (χ3n) is 3.79. The first-order valence-electron chi connectivity index (χ1n) is 6.67. The Labute approximate surface area is 103 Å². The van der Waals surface area contributed by atoms with Crippen molar-refractivity contribution in [3.63, 3.8) is 0 Å². The first-order chi connectivity index (χ1) is 8.29. The van der Waals surface area contributed by atoms with Crippen molar-refractivity contribution in [1.29, 1.82) is 0 Å². The summed E-state index contributed by atoms with van der Waals surface area (Å²) in [5.74, 6) is 1.05. The highest BCUT2D eigenvalue weighted by molar-refractivity contribution is 5.17. The molecule has 1 aliphatic rings. The molecule has 2 atom stereocenters. The molecule has 0 amide bonds. The molecule has 1 aliphatic carbocycles. The molecule has 0 spiro atoms. The molecule has 2 N–H and O–H groups in total. The van der Waals surface area contributed by atoms with Crippen molar-refractivity contribution < 1.29 is 5.11 Å². The van der Waals surface area contributed by atoms with Gasteiger partial charge in [-0.15, -0.1) is 0 Å². The molecule has 3 heteroatoms. The fraction of sp³-hybridized carbons (Fsp3) is 0.643. The lowest BCUT2D eigenvalue weighted by atomic mass is 9.83. The molecule has 0 saturated heterocycles. The number of hydrogen-bond acceptors (Lipinski definition) is 3. The van der Waals surface area contributed by atoms with E-state index in [1.807, 2.05) is 6.07 Å². The summed E-state index contributed by atoms with van der Waals surface area (Å²) >= 11 is 0. The van der Waals surface area contributed by atoms with Crippen LogP contribution in [0.25, 0.3) is 0 Å². The molecule has 3 nitrogen and oxygen atoms in total. The lowest BCUT2D eigenvalue weighted by Gasteiger charge is -2.31. The molecule has 1 aromatic rings. The number of nitrogens with one attached hydrogen (secondary N) is 1. The predicted molar refractivity (Wildman–Crippen MR) is 68.8 cm³/mol. The van der Waals surface area contributed by atoms with Gasteiger partial charge in [-0.25, -0.2) is 0 Å². The van der Waals surface area contributed by atoms with Crippen molar-refractivity contribution in [3.05, 3.63) is 24.0 Å². The highest BCUT2D eigenvalue weighted by atomic mass is 16.3. The van der Waals surface area contributed by atoms with Crippen LogP contribution in [0.1, 0.15) is 44.7 Å². The second-order valence-corrected chi connectivity index (χ2v) is 4.95. The van der Waals surface area contributed by atoms with E-state index in [0.29, 0.717) is 6.04 Å². The largest absolute Gasteiger partial charge is 0.506 e. The Hall–Kier alpha value is -1.09. The Morgan fingerprint density at radius 1 is 1.35 bits per heavy atom. The van der Waals surface area contributed by atoms with Gasteiger partial charge in [0.2, 0.25) is 0 Å². The van der Waals surface area contributed by atoms with E-state index in [9.17, 15) is 5.11 Å². The second-order valence-electron chi connectivity index (χ2n) is 4.95. The van der Waals surface area contributed by atoms with Crippen LogP contribution in [0.15, 0.2) is 18.3 Å². The van der Waals surface area contributed by atoms with Crippen LogP contribution < -0.4 is 5.32 Å². The monoisotopic (exact) mass is 234 g/mol. The first kappa shape index (κ1) is 12.4. The van der Waals surface area contributed by atoms with Crippen molar-refractivity contribution in [2.45, 2.75) is 51.6 Å². The maximum atomic E-state index is 9.17. The fourth-order valence-electron chi connectivity index (χ4n) is 2.72. The zero-order chi connectivity index (χ0) is 12.1. The van der Waals surface area contributed by atoms with Gasteiger partial charge >= 0.3 is 0 Å². The van der Waals surface area contributed by atoms with E-state index in [-0.39, 0.29) is 5.75 Å². The van der Waals surface area contributed by atoms with Gasteiger partial charge in [-0.2, -0.15) is 0 Å². The second kappa shape index (κ2) is 6.01. The van der Waals surface area contributed by atoms with Gasteiger partial charge in [0.1, 0.15) is 5.75 Å². The summed E-state index contributed by atoms with van der Waals surface area (Å²) in [5, 5.41) is 12.8. The van der Waals surface area contributed by atoms with E-state index in [1.165, 1.54) is 38.3 Å². The van der Waals surface area contributed by atoms with E-state index in [4.69, 9.17) is 0 Å². The molecule has 2 unspecified atom stereocenters. The summed E-state index contributed by atoms with van der Waals surface area (Å²) < 4.78 is 0. The van der Waals surface area contributed by atoms with Gasteiger partial charge in [-0.1, -0.05) is 26.2 Å². The average Bonchev–Trinajstić information content (AvgIpc) is 2.38. The molecule has 1 fully saturated rings. The summed E-state index contributed by atoms with van der Waals surface area (Å²) in [7, 11) is 0. The predicted octanol–water partition coefficient (Wildman–Crippen LogP) is 2.85. The van der Waals surface area contributed by atoms with Gasteiger partial charge in [-0.05, 0) is 30.9 Å². The Bertz CT molecular complexity index is 337. The van der Waals surface area contributed by atoms with Crippen LogP contribution in [-0.2, 0) is 6.54 Å². The van der Waals surface area contributed by atoms with Gasteiger partial charge in [0, 0.05) is 12.6 Å². The molecular weight excluding hydrogens is 212 g/mol. The fourth-order valence-corrected chi connectivity index (χ4v) is 2.72. The maximum absolute atomic E-state index is 9.17. The number of hydrogen-bond donors (Lipinski definition) is 2. The summed E-state index contributed by atoms with van der Waals surface area (Å²) in [6, 6.07) is 4.22. The van der Waals surface area contributed by atoms with Crippen LogP contribution in [0, 0.1) is 5.92 Å². The lowest BCUT2D eigenvalue weighted by molar-refractivity contribution is 0.254. The number of pyridine rings is 1. The minimum Gasteiger partial charge on any atom is -0.506 e. The number of rotatable bonds is 4. The maximum Gasteiger partial charge on any atom is 0.133 e. The molecule has 2 rings (SSSR count). The van der Waals surface area contributed by atoms with E-state index < -0.39 is 0 Å². The molecule has 0 aromatic carbocycles. The van der Waals surface area contributed by atoms with Crippen LogP contribution in [0.5, 0.6) is 5.75 Å². The zero-order valence-electron chi connectivity index (χ0n) is 10.5. The van der Waals surface area contributed by atoms with Gasteiger partial charge < -0.3 is 10.4 Å². The molecule has 1 heterocycles. The van der Waals surface area contributed by atoms with Crippen molar-refractivity contribution in [3.8, 4) is 5.75 Å². The van der Waals surface area contributed by atoms with Gasteiger partial charge in [0.15, 0.2) is 0 Å². The standard InChI is InChI=1S/C14H22N2O/c1-2-11-5-3-4-6-14(11)16-9-12-7-8-13(17)10-15-12/h7-8,10-11,14,16-17H,2-6,9H2,1H3. The van der Waals surface area contributed by atoms with Crippen LogP contribution in [0.4, 0.5) is 0 Å². The Morgan fingerprint density at radius 3 is 2.88 bits per heavy atom. The molecule has 1 saturated carbocycles. The van der Waals surface area contributed by atoms with Crippen molar-refractivity contribution in [2.24, 2.45) is 5.92 Å². The van der Waals surface area contributed by atoms with Crippen LogP contribution in [0.2, 0.25) is 0 Å². The van der Waals surface area contributed by atoms with Crippen molar-refractivity contribution >= 4 is 0 Å². The van der Waals surface area contributed by atoms with Crippen molar-refractivity contribution in [2.75, 3.05) is 0 Å². The smallest absolute Gasteiger partial charge is 0.133 e.